The first-order chi connectivity index (χ1) is 13.5. The van der Waals surface area contributed by atoms with Crippen LogP contribution in [0.25, 0.3) is 22.1 Å². The first kappa shape index (κ1) is 17.3. The molecule has 142 valence electrons. The third-order valence-corrected chi connectivity index (χ3v) is 6.08. The van der Waals surface area contributed by atoms with Crippen LogP contribution in [0.3, 0.4) is 0 Å². The lowest BCUT2D eigenvalue weighted by Crippen LogP contribution is -2.42. The molecule has 0 radical (unpaired) electrons. The minimum atomic E-state index is 0.250. The number of rotatable bonds is 1. The fourth-order valence-electron chi connectivity index (χ4n) is 4.34. The topological polar surface area (TPSA) is 32.5 Å². The highest BCUT2D eigenvalue weighted by Gasteiger charge is 2.28. The lowest BCUT2D eigenvalue weighted by Gasteiger charge is -2.35. The van der Waals surface area contributed by atoms with Crippen molar-refractivity contribution in [1.82, 2.24) is 9.88 Å². The van der Waals surface area contributed by atoms with E-state index >= 15 is 0 Å². The molecule has 1 aliphatic heterocycles. The monoisotopic (exact) mass is 371 g/mol. The molecule has 0 saturated carbocycles. The standard InChI is InChI=1S/C24H25N3O/c1-15-9-11-20-21-12-10-16(2)25-24(21)28-23(20)22(15)27-14-19-8-6-5-7-18(19)13-26(4)17(27)3/h5-12,17H,13-14H2,1-4H3/t17-/m0/s1. The summed E-state index contributed by atoms with van der Waals surface area (Å²) < 4.78 is 6.34. The lowest BCUT2D eigenvalue weighted by atomic mass is 10.1. The molecule has 4 heteroatoms. The highest BCUT2D eigenvalue weighted by atomic mass is 16.3. The molecule has 0 fully saturated rings. The fraction of sp³-hybridized carbons (Fsp3) is 0.292. The minimum absolute atomic E-state index is 0.250. The summed E-state index contributed by atoms with van der Waals surface area (Å²) in [5.41, 5.74) is 7.80. The van der Waals surface area contributed by atoms with E-state index in [0.29, 0.717) is 0 Å². The maximum atomic E-state index is 6.34. The molecule has 28 heavy (non-hydrogen) atoms. The Morgan fingerprint density at radius 3 is 2.43 bits per heavy atom. The van der Waals surface area contributed by atoms with E-state index in [1.165, 1.54) is 22.4 Å². The van der Waals surface area contributed by atoms with Gasteiger partial charge in [-0.1, -0.05) is 36.4 Å². The molecule has 1 atom stereocenters. The smallest absolute Gasteiger partial charge is 0.227 e. The minimum Gasteiger partial charge on any atom is -0.436 e. The van der Waals surface area contributed by atoms with Gasteiger partial charge in [-0.25, -0.2) is 4.98 Å². The Balaban J connectivity index is 1.75. The molecule has 2 aromatic heterocycles. The summed E-state index contributed by atoms with van der Waals surface area (Å²) in [6.07, 6.45) is 0.250. The second-order valence-corrected chi connectivity index (χ2v) is 7.96. The molecule has 0 N–H and O–H groups in total. The van der Waals surface area contributed by atoms with Gasteiger partial charge in [-0.3, -0.25) is 4.90 Å². The van der Waals surface area contributed by atoms with E-state index in [1.54, 1.807) is 0 Å². The van der Waals surface area contributed by atoms with Gasteiger partial charge in [0, 0.05) is 29.6 Å². The highest BCUT2D eigenvalue weighted by molar-refractivity contribution is 6.08. The van der Waals surface area contributed by atoms with Crippen LogP contribution in [-0.4, -0.2) is 23.1 Å². The Labute approximate surface area is 165 Å². The third-order valence-electron chi connectivity index (χ3n) is 6.08. The molecule has 0 saturated heterocycles. The molecule has 4 aromatic rings. The zero-order valence-electron chi connectivity index (χ0n) is 16.9. The van der Waals surface area contributed by atoms with Crippen LogP contribution < -0.4 is 4.90 Å². The van der Waals surface area contributed by atoms with E-state index in [-0.39, 0.29) is 6.17 Å². The summed E-state index contributed by atoms with van der Waals surface area (Å²) in [6, 6.07) is 17.3. The van der Waals surface area contributed by atoms with Gasteiger partial charge < -0.3 is 9.32 Å². The highest BCUT2D eigenvalue weighted by Crippen LogP contribution is 2.39. The van der Waals surface area contributed by atoms with Gasteiger partial charge in [0.2, 0.25) is 5.71 Å². The first-order valence-electron chi connectivity index (χ1n) is 9.86. The zero-order chi connectivity index (χ0) is 19.4. The predicted molar refractivity (Wildman–Crippen MR) is 115 cm³/mol. The number of pyridine rings is 1. The first-order valence-corrected chi connectivity index (χ1v) is 9.86. The van der Waals surface area contributed by atoms with Crippen LogP contribution in [0.4, 0.5) is 5.69 Å². The second kappa shape index (κ2) is 6.35. The van der Waals surface area contributed by atoms with Crippen LogP contribution in [0.15, 0.2) is 52.9 Å². The normalized spacial score (nSPS) is 17.9. The number of aromatic nitrogens is 1. The van der Waals surface area contributed by atoms with Crippen molar-refractivity contribution < 1.29 is 4.42 Å². The summed E-state index contributed by atoms with van der Waals surface area (Å²) in [4.78, 5) is 9.49. The Morgan fingerprint density at radius 1 is 0.929 bits per heavy atom. The molecule has 2 aromatic carbocycles. The molecule has 4 nitrogen and oxygen atoms in total. The van der Waals surface area contributed by atoms with Gasteiger partial charge in [-0.2, -0.15) is 0 Å². The van der Waals surface area contributed by atoms with Gasteiger partial charge in [0.25, 0.3) is 0 Å². The third kappa shape index (κ3) is 2.60. The van der Waals surface area contributed by atoms with Gasteiger partial charge >= 0.3 is 0 Å². The maximum Gasteiger partial charge on any atom is 0.227 e. The average molecular weight is 371 g/mol. The summed E-state index contributed by atoms with van der Waals surface area (Å²) in [5.74, 6) is 0. The van der Waals surface area contributed by atoms with Crippen molar-refractivity contribution in [2.24, 2.45) is 0 Å². The quantitative estimate of drug-likeness (QED) is 0.449. The van der Waals surface area contributed by atoms with E-state index in [9.17, 15) is 0 Å². The SMILES string of the molecule is Cc1ccc2c(n1)oc1c(N3Cc4ccccc4CN(C)[C@@H]3C)c(C)ccc12. The Morgan fingerprint density at radius 2 is 1.64 bits per heavy atom. The van der Waals surface area contributed by atoms with Gasteiger partial charge in [0.05, 0.1) is 11.9 Å². The molecule has 0 spiro atoms. The van der Waals surface area contributed by atoms with Crippen LogP contribution in [0.5, 0.6) is 0 Å². The number of nitrogens with zero attached hydrogens (tertiary/aromatic N) is 3. The average Bonchev–Trinajstić information content (AvgIpc) is 2.98. The molecule has 0 amide bonds. The summed E-state index contributed by atoms with van der Waals surface area (Å²) in [5, 5.41) is 2.22. The lowest BCUT2D eigenvalue weighted by molar-refractivity contribution is 0.248. The molecule has 1 aliphatic rings. The van der Waals surface area contributed by atoms with Crippen molar-refractivity contribution in [1.29, 1.82) is 0 Å². The summed E-state index contributed by atoms with van der Waals surface area (Å²) in [7, 11) is 2.19. The molecular weight excluding hydrogens is 346 g/mol. The van der Waals surface area contributed by atoms with Crippen LogP contribution in [0.2, 0.25) is 0 Å². The van der Waals surface area contributed by atoms with Gasteiger partial charge in [0.1, 0.15) is 0 Å². The van der Waals surface area contributed by atoms with E-state index in [0.717, 1.165) is 40.9 Å². The van der Waals surface area contributed by atoms with E-state index in [2.05, 4.69) is 84.2 Å². The van der Waals surface area contributed by atoms with Crippen molar-refractivity contribution in [3.8, 4) is 0 Å². The van der Waals surface area contributed by atoms with Crippen LogP contribution in [0, 0.1) is 13.8 Å². The number of aryl methyl sites for hydroxylation is 2. The van der Waals surface area contributed by atoms with Gasteiger partial charge in [0.15, 0.2) is 5.58 Å². The molecular formula is C24H25N3O. The Bertz CT molecular complexity index is 1190. The molecule has 0 unspecified atom stereocenters. The van der Waals surface area contributed by atoms with Crippen LogP contribution >= 0.6 is 0 Å². The Kier molecular flexibility index (Phi) is 3.91. The van der Waals surface area contributed by atoms with E-state index in [4.69, 9.17) is 4.42 Å². The summed E-state index contributed by atoms with van der Waals surface area (Å²) in [6.45, 7) is 8.26. The Hall–Kier alpha value is -2.85. The zero-order valence-corrected chi connectivity index (χ0v) is 16.9. The second-order valence-electron chi connectivity index (χ2n) is 7.96. The molecule has 0 aliphatic carbocycles. The number of anilines is 1. The molecule has 0 bridgehead atoms. The number of hydrogen-bond acceptors (Lipinski definition) is 4. The number of hydrogen-bond donors (Lipinski definition) is 0. The largest absolute Gasteiger partial charge is 0.436 e. The van der Waals surface area contributed by atoms with Crippen molar-refractivity contribution in [2.75, 3.05) is 11.9 Å². The maximum absolute atomic E-state index is 6.34. The number of fused-ring (bicyclic) bond motifs is 4. The van der Waals surface area contributed by atoms with Gasteiger partial charge in [-0.15, -0.1) is 0 Å². The van der Waals surface area contributed by atoms with Crippen LogP contribution in [0.1, 0.15) is 29.3 Å². The van der Waals surface area contributed by atoms with Crippen molar-refractivity contribution in [3.05, 3.63) is 70.9 Å². The van der Waals surface area contributed by atoms with Crippen molar-refractivity contribution in [2.45, 2.75) is 40.0 Å². The predicted octanol–water partition coefficient (Wildman–Crippen LogP) is 5.40. The van der Waals surface area contributed by atoms with Crippen molar-refractivity contribution >= 4 is 27.8 Å². The molecule has 5 rings (SSSR count). The molecule has 3 heterocycles. The fourth-order valence-corrected chi connectivity index (χ4v) is 4.34. The number of furan rings is 1. The van der Waals surface area contributed by atoms with E-state index < -0.39 is 0 Å². The van der Waals surface area contributed by atoms with E-state index in [1.807, 2.05) is 6.92 Å². The van der Waals surface area contributed by atoms with Crippen LogP contribution in [-0.2, 0) is 13.1 Å². The number of benzene rings is 2. The summed E-state index contributed by atoms with van der Waals surface area (Å²) >= 11 is 0. The van der Waals surface area contributed by atoms with Gasteiger partial charge in [-0.05, 0) is 56.6 Å². The van der Waals surface area contributed by atoms with Crippen molar-refractivity contribution in [3.63, 3.8) is 0 Å².